The quantitative estimate of drug-likeness (QED) is 0.723. The zero-order valence-electron chi connectivity index (χ0n) is 11.2. The van der Waals surface area contributed by atoms with Gasteiger partial charge in [-0.3, -0.25) is 4.68 Å². The molecule has 0 aliphatic heterocycles. The number of aryl methyl sites for hydroxylation is 2. The fraction of sp³-hybridized carbons (Fsp3) is 0.133. The molecule has 0 saturated carbocycles. The van der Waals surface area contributed by atoms with Crippen molar-refractivity contribution in [3.63, 3.8) is 0 Å². The summed E-state index contributed by atoms with van der Waals surface area (Å²) in [5.41, 5.74) is 4.54. The third-order valence-corrected chi connectivity index (χ3v) is 3.33. The number of benzene rings is 1. The Balaban J connectivity index is 2.08. The van der Waals surface area contributed by atoms with Crippen LogP contribution < -0.4 is 0 Å². The normalized spacial score (nSPS) is 10.8. The van der Waals surface area contributed by atoms with E-state index in [9.17, 15) is 0 Å². The van der Waals surface area contributed by atoms with Crippen LogP contribution >= 0.6 is 11.6 Å². The van der Waals surface area contributed by atoms with Crippen LogP contribution in [-0.4, -0.2) is 19.7 Å². The van der Waals surface area contributed by atoms with Gasteiger partial charge in [0, 0.05) is 24.4 Å². The van der Waals surface area contributed by atoms with E-state index in [0.717, 1.165) is 16.8 Å². The first-order chi connectivity index (χ1) is 9.63. The summed E-state index contributed by atoms with van der Waals surface area (Å²) in [6.45, 7) is 2.05. The van der Waals surface area contributed by atoms with Gasteiger partial charge in [0.25, 0.3) is 0 Å². The molecule has 2 aromatic heterocycles. The molecule has 0 aliphatic carbocycles. The summed E-state index contributed by atoms with van der Waals surface area (Å²) >= 11 is 6.14. The van der Waals surface area contributed by atoms with Crippen molar-refractivity contribution in [2.24, 2.45) is 7.05 Å². The molecule has 0 bridgehead atoms. The van der Waals surface area contributed by atoms with Crippen molar-refractivity contribution >= 4 is 11.6 Å². The van der Waals surface area contributed by atoms with Gasteiger partial charge in [-0.1, -0.05) is 41.4 Å². The first kappa shape index (κ1) is 12.8. The van der Waals surface area contributed by atoms with Crippen LogP contribution in [0.3, 0.4) is 0 Å². The first-order valence-electron chi connectivity index (χ1n) is 6.22. The average molecular weight is 285 g/mol. The van der Waals surface area contributed by atoms with Crippen molar-refractivity contribution in [1.82, 2.24) is 19.7 Å². The number of rotatable bonds is 2. The third-order valence-electron chi connectivity index (χ3n) is 3.05. The molecule has 0 saturated heterocycles. The molecule has 5 heteroatoms. The molecule has 0 fully saturated rings. The van der Waals surface area contributed by atoms with E-state index in [1.807, 2.05) is 25.4 Å². The Kier molecular flexibility index (Phi) is 3.24. The summed E-state index contributed by atoms with van der Waals surface area (Å²) in [6, 6.07) is 8.16. The summed E-state index contributed by atoms with van der Waals surface area (Å²) in [5.74, 6) is 0. The standard InChI is InChI=1S/C15H13ClN4/c1-10-3-5-11(6-4-10)13-8-17-15(16)14(19-13)12-7-18-20(2)9-12/h3-9H,1-2H3. The van der Waals surface area contributed by atoms with E-state index in [1.54, 1.807) is 17.1 Å². The maximum Gasteiger partial charge on any atom is 0.155 e. The van der Waals surface area contributed by atoms with Gasteiger partial charge >= 0.3 is 0 Å². The van der Waals surface area contributed by atoms with Gasteiger partial charge in [-0.15, -0.1) is 0 Å². The number of nitrogens with zero attached hydrogens (tertiary/aromatic N) is 4. The largest absolute Gasteiger partial charge is 0.275 e. The number of halogens is 1. The lowest BCUT2D eigenvalue weighted by Gasteiger charge is -2.05. The van der Waals surface area contributed by atoms with E-state index in [1.165, 1.54) is 5.56 Å². The molecule has 2 heterocycles. The summed E-state index contributed by atoms with van der Waals surface area (Å²) < 4.78 is 1.71. The molecule has 0 amide bonds. The molecular formula is C15H13ClN4. The highest BCUT2D eigenvalue weighted by Crippen LogP contribution is 2.27. The maximum absolute atomic E-state index is 6.14. The highest BCUT2D eigenvalue weighted by Gasteiger charge is 2.11. The molecule has 0 N–H and O–H groups in total. The van der Waals surface area contributed by atoms with Gasteiger partial charge in [0.2, 0.25) is 0 Å². The molecule has 1 aromatic carbocycles. The lowest BCUT2D eigenvalue weighted by molar-refractivity contribution is 0.768. The summed E-state index contributed by atoms with van der Waals surface area (Å²) in [4.78, 5) is 8.84. The van der Waals surface area contributed by atoms with Crippen molar-refractivity contribution in [2.75, 3.05) is 0 Å². The van der Waals surface area contributed by atoms with Gasteiger partial charge in [0.15, 0.2) is 5.15 Å². The predicted octanol–water partition coefficient (Wildman–Crippen LogP) is 3.51. The van der Waals surface area contributed by atoms with Crippen molar-refractivity contribution < 1.29 is 0 Å². The molecular weight excluding hydrogens is 272 g/mol. The van der Waals surface area contributed by atoms with E-state index in [0.29, 0.717) is 10.8 Å². The Morgan fingerprint density at radius 2 is 1.80 bits per heavy atom. The van der Waals surface area contributed by atoms with Crippen molar-refractivity contribution in [3.05, 3.63) is 53.6 Å². The molecule has 0 unspecified atom stereocenters. The van der Waals surface area contributed by atoms with Crippen molar-refractivity contribution in [1.29, 1.82) is 0 Å². The van der Waals surface area contributed by atoms with Gasteiger partial charge in [-0.2, -0.15) is 5.10 Å². The Morgan fingerprint density at radius 1 is 1.05 bits per heavy atom. The van der Waals surface area contributed by atoms with Gasteiger partial charge in [0.1, 0.15) is 5.69 Å². The van der Waals surface area contributed by atoms with Gasteiger partial charge in [-0.25, -0.2) is 9.97 Å². The SMILES string of the molecule is Cc1ccc(-c2cnc(Cl)c(-c3cnn(C)c3)n2)cc1. The maximum atomic E-state index is 6.14. The number of aromatic nitrogens is 4. The van der Waals surface area contributed by atoms with Gasteiger partial charge in [0.05, 0.1) is 18.1 Å². The molecule has 100 valence electrons. The highest BCUT2D eigenvalue weighted by molar-refractivity contribution is 6.31. The van der Waals surface area contributed by atoms with Crippen LogP contribution in [0.1, 0.15) is 5.56 Å². The van der Waals surface area contributed by atoms with E-state index >= 15 is 0 Å². The van der Waals surface area contributed by atoms with Crippen LogP contribution in [0.4, 0.5) is 0 Å². The lowest BCUT2D eigenvalue weighted by Crippen LogP contribution is -1.92. The van der Waals surface area contributed by atoms with E-state index in [4.69, 9.17) is 11.6 Å². The van der Waals surface area contributed by atoms with Crippen LogP contribution in [0.15, 0.2) is 42.9 Å². The Bertz CT molecular complexity index is 747. The van der Waals surface area contributed by atoms with E-state index in [-0.39, 0.29) is 0 Å². The van der Waals surface area contributed by atoms with Crippen molar-refractivity contribution in [2.45, 2.75) is 6.92 Å². The van der Waals surface area contributed by atoms with E-state index in [2.05, 4.69) is 34.1 Å². The van der Waals surface area contributed by atoms with Crippen LogP contribution in [0, 0.1) is 6.92 Å². The monoisotopic (exact) mass is 284 g/mol. The lowest BCUT2D eigenvalue weighted by atomic mass is 10.1. The van der Waals surface area contributed by atoms with Crippen molar-refractivity contribution in [3.8, 4) is 22.5 Å². The molecule has 3 aromatic rings. The molecule has 3 rings (SSSR count). The van der Waals surface area contributed by atoms with Gasteiger partial charge < -0.3 is 0 Å². The first-order valence-corrected chi connectivity index (χ1v) is 6.60. The molecule has 0 aliphatic rings. The second-order valence-electron chi connectivity index (χ2n) is 4.66. The minimum absolute atomic E-state index is 0.383. The number of hydrogen-bond acceptors (Lipinski definition) is 3. The third kappa shape index (κ3) is 2.42. The van der Waals surface area contributed by atoms with Crippen LogP contribution in [0.25, 0.3) is 22.5 Å². The van der Waals surface area contributed by atoms with Crippen LogP contribution in [-0.2, 0) is 7.05 Å². The molecule has 0 radical (unpaired) electrons. The predicted molar refractivity (Wildman–Crippen MR) is 79.4 cm³/mol. The molecule has 20 heavy (non-hydrogen) atoms. The van der Waals surface area contributed by atoms with Crippen LogP contribution in [0.5, 0.6) is 0 Å². The van der Waals surface area contributed by atoms with Gasteiger partial charge in [-0.05, 0) is 6.92 Å². The fourth-order valence-corrected chi connectivity index (χ4v) is 2.17. The average Bonchev–Trinajstić information content (AvgIpc) is 2.87. The summed E-state index contributed by atoms with van der Waals surface area (Å²) in [6.07, 6.45) is 5.29. The Labute approximate surface area is 122 Å². The molecule has 0 spiro atoms. The Hall–Kier alpha value is -2.20. The smallest absolute Gasteiger partial charge is 0.155 e. The fourth-order valence-electron chi connectivity index (χ4n) is 1.96. The number of hydrogen-bond donors (Lipinski definition) is 0. The molecule has 4 nitrogen and oxygen atoms in total. The second-order valence-corrected chi connectivity index (χ2v) is 5.02. The zero-order valence-corrected chi connectivity index (χ0v) is 12.0. The van der Waals surface area contributed by atoms with Crippen LogP contribution in [0.2, 0.25) is 5.15 Å². The second kappa shape index (κ2) is 5.06. The topological polar surface area (TPSA) is 43.6 Å². The zero-order chi connectivity index (χ0) is 14.1. The summed E-state index contributed by atoms with van der Waals surface area (Å²) in [5, 5.41) is 4.52. The summed E-state index contributed by atoms with van der Waals surface area (Å²) in [7, 11) is 1.86. The Morgan fingerprint density at radius 3 is 2.45 bits per heavy atom. The highest BCUT2D eigenvalue weighted by atomic mass is 35.5. The molecule has 0 atom stereocenters. The van der Waals surface area contributed by atoms with E-state index < -0.39 is 0 Å². The minimum atomic E-state index is 0.383. The minimum Gasteiger partial charge on any atom is -0.275 e.